The third kappa shape index (κ3) is 3.73. The van der Waals surface area contributed by atoms with Crippen molar-refractivity contribution >= 4 is 5.97 Å². The van der Waals surface area contributed by atoms with Crippen molar-refractivity contribution in [2.24, 2.45) is 0 Å². The summed E-state index contributed by atoms with van der Waals surface area (Å²) in [7, 11) is 0. The number of hydrogen-bond acceptors (Lipinski definition) is 4. The molecule has 0 radical (unpaired) electrons. The number of nitrogens with zero attached hydrogens (tertiary/aromatic N) is 3. The number of aryl methyl sites for hydroxylation is 1. The van der Waals surface area contributed by atoms with E-state index in [0.717, 1.165) is 24.3 Å². The summed E-state index contributed by atoms with van der Waals surface area (Å²) >= 11 is 0. The lowest BCUT2D eigenvalue weighted by molar-refractivity contribution is -0.137. The van der Waals surface area contributed by atoms with Crippen LogP contribution >= 0.6 is 0 Å². The van der Waals surface area contributed by atoms with Crippen molar-refractivity contribution in [3.63, 3.8) is 0 Å². The van der Waals surface area contributed by atoms with E-state index >= 15 is 0 Å². The van der Waals surface area contributed by atoms with E-state index in [9.17, 15) is 4.79 Å². The minimum Gasteiger partial charge on any atom is -0.481 e. The molecule has 0 aliphatic carbocycles. The molecular formula is C12H15N3O3. The van der Waals surface area contributed by atoms with Crippen molar-refractivity contribution in [1.82, 2.24) is 15.0 Å². The number of aromatic nitrogens is 3. The van der Waals surface area contributed by atoms with Gasteiger partial charge in [0.2, 0.25) is 0 Å². The number of carboxylic acid groups (broad SMARTS) is 1. The van der Waals surface area contributed by atoms with Crippen molar-refractivity contribution in [2.75, 3.05) is 0 Å². The average molecular weight is 249 g/mol. The molecule has 0 saturated carbocycles. The SMILES string of the molecule is O=C(O)CCCCc1cn(Cc2ccco2)nn1. The maximum absolute atomic E-state index is 10.3. The number of furan rings is 1. The molecular weight excluding hydrogens is 234 g/mol. The third-order valence-electron chi connectivity index (χ3n) is 2.56. The Bertz CT molecular complexity index is 490. The van der Waals surface area contributed by atoms with Gasteiger partial charge in [0.25, 0.3) is 0 Å². The monoisotopic (exact) mass is 249 g/mol. The Labute approximate surface area is 104 Å². The van der Waals surface area contributed by atoms with E-state index in [1.54, 1.807) is 10.9 Å². The van der Waals surface area contributed by atoms with E-state index < -0.39 is 5.97 Å². The van der Waals surface area contributed by atoms with Gasteiger partial charge in [-0.15, -0.1) is 5.10 Å². The summed E-state index contributed by atoms with van der Waals surface area (Å²) in [4.78, 5) is 10.3. The van der Waals surface area contributed by atoms with Gasteiger partial charge in [-0.3, -0.25) is 4.79 Å². The molecule has 0 saturated heterocycles. The Morgan fingerprint density at radius 1 is 1.44 bits per heavy atom. The Balaban J connectivity index is 1.77. The number of carboxylic acids is 1. The minimum atomic E-state index is -0.753. The van der Waals surface area contributed by atoms with Crippen LogP contribution in [-0.4, -0.2) is 26.1 Å². The van der Waals surface area contributed by atoms with Gasteiger partial charge < -0.3 is 9.52 Å². The molecule has 0 atom stereocenters. The molecule has 0 aliphatic heterocycles. The fourth-order valence-electron chi connectivity index (χ4n) is 1.67. The highest BCUT2D eigenvalue weighted by molar-refractivity contribution is 5.66. The van der Waals surface area contributed by atoms with Gasteiger partial charge in [0.1, 0.15) is 12.3 Å². The highest BCUT2D eigenvalue weighted by Crippen LogP contribution is 2.06. The Morgan fingerprint density at radius 2 is 2.33 bits per heavy atom. The molecule has 2 heterocycles. The van der Waals surface area contributed by atoms with Crippen LogP contribution in [0.4, 0.5) is 0 Å². The van der Waals surface area contributed by atoms with Crippen LogP contribution < -0.4 is 0 Å². The van der Waals surface area contributed by atoms with Gasteiger partial charge in [0.05, 0.1) is 12.0 Å². The number of aliphatic carboxylic acids is 1. The maximum atomic E-state index is 10.3. The number of unbranched alkanes of at least 4 members (excludes halogenated alkanes) is 1. The Hall–Kier alpha value is -2.11. The molecule has 2 aromatic heterocycles. The van der Waals surface area contributed by atoms with Gasteiger partial charge in [-0.2, -0.15) is 0 Å². The summed E-state index contributed by atoms with van der Waals surface area (Å²) in [5.74, 6) is 0.0776. The fraction of sp³-hybridized carbons (Fsp3) is 0.417. The van der Waals surface area contributed by atoms with E-state index in [1.165, 1.54) is 0 Å². The second-order valence-corrected chi connectivity index (χ2v) is 4.09. The first-order chi connectivity index (χ1) is 8.74. The quantitative estimate of drug-likeness (QED) is 0.755. The molecule has 0 fully saturated rings. The summed E-state index contributed by atoms with van der Waals surface area (Å²) in [6.45, 7) is 0.565. The van der Waals surface area contributed by atoms with Gasteiger partial charge >= 0.3 is 5.97 Å². The molecule has 6 nitrogen and oxygen atoms in total. The molecule has 0 bridgehead atoms. The summed E-state index contributed by atoms with van der Waals surface area (Å²) in [5.41, 5.74) is 0.881. The van der Waals surface area contributed by atoms with Crippen LogP contribution in [0.25, 0.3) is 0 Å². The summed E-state index contributed by atoms with van der Waals surface area (Å²) < 4.78 is 6.93. The van der Waals surface area contributed by atoms with Gasteiger partial charge in [0, 0.05) is 12.6 Å². The lowest BCUT2D eigenvalue weighted by atomic mass is 10.1. The molecule has 2 rings (SSSR count). The van der Waals surface area contributed by atoms with Crippen molar-refractivity contribution in [3.05, 3.63) is 36.0 Å². The lowest BCUT2D eigenvalue weighted by Crippen LogP contribution is -1.98. The van der Waals surface area contributed by atoms with Gasteiger partial charge in [0.15, 0.2) is 0 Å². The molecule has 1 N–H and O–H groups in total. The van der Waals surface area contributed by atoms with Crippen LogP contribution in [0.15, 0.2) is 29.0 Å². The van der Waals surface area contributed by atoms with Crippen LogP contribution in [0.1, 0.15) is 30.7 Å². The highest BCUT2D eigenvalue weighted by Gasteiger charge is 2.04. The second-order valence-electron chi connectivity index (χ2n) is 4.09. The van der Waals surface area contributed by atoms with Crippen LogP contribution in [-0.2, 0) is 17.8 Å². The standard InChI is InChI=1S/C12H15N3O3/c16-12(17)6-2-1-4-10-8-15(14-13-10)9-11-5-3-7-18-11/h3,5,7-8H,1-2,4,6,9H2,(H,16,17). The van der Waals surface area contributed by atoms with Gasteiger partial charge in [-0.05, 0) is 31.4 Å². The predicted molar refractivity (Wildman–Crippen MR) is 63.0 cm³/mol. The van der Waals surface area contributed by atoms with Gasteiger partial charge in [-0.25, -0.2) is 4.68 Å². The largest absolute Gasteiger partial charge is 0.481 e. The summed E-state index contributed by atoms with van der Waals surface area (Å²) in [6, 6.07) is 3.72. The van der Waals surface area contributed by atoms with Crippen LogP contribution in [0.3, 0.4) is 0 Å². The lowest BCUT2D eigenvalue weighted by Gasteiger charge is -1.95. The minimum absolute atomic E-state index is 0.209. The van der Waals surface area contributed by atoms with E-state index in [-0.39, 0.29) is 6.42 Å². The predicted octanol–water partition coefficient (Wildman–Crippen LogP) is 1.72. The smallest absolute Gasteiger partial charge is 0.303 e. The number of rotatable bonds is 7. The van der Waals surface area contributed by atoms with Gasteiger partial charge in [-0.1, -0.05) is 5.21 Å². The van der Waals surface area contributed by atoms with E-state index in [2.05, 4.69) is 10.3 Å². The zero-order chi connectivity index (χ0) is 12.8. The van der Waals surface area contributed by atoms with E-state index in [4.69, 9.17) is 9.52 Å². The van der Waals surface area contributed by atoms with Crippen molar-refractivity contribution < 1.29 is 14.3 Å². The first kappa shape index (κ1) is 12.3. The van der Waals surface area contributed by atoms with E-state index in [0.29, 0.717) is 13.0 Å². The molecule has 0 aliphatic rings. The van der Waals surface area contributed by atoms with Crippen LogP contribution in [0.2, 0.25) is 0 Å². The number of carbonyl (C=O) groups is 1. The first-order valence-electron chi connectivity index (χ1n) is 5.87. The van der Waals surface area contributed by atoms with Crippen LogP contribution in [0, 0.1) is 0 Å². The molecule has 18 heavy (non-hydrogen) atoms. The van der Waals surface area contributed by atoms with Crippen molar-refractivity contribution in [3.8, 4) is 0 Å². The van der Waals surface area contributed by atoms with Crippen molar-refractivity contribution in [1.29, 1.82) is 0 Å². The Morgan fingerprint density at radius 3 is 3.06 bits per heavy atom. The second kappa shape index (κ2) is 6.00. The average Bonchev–Trinajstić information content (AvgIpc) is 2.97. The molecule has 2 aromatic rings. The zero-order valence-corrected chi connectivity index (χ0v) is 9.95. The molecule has 96 valence electrons. The Kier molecular flexibility index (Phi) is 4.11. The fourth-order valence-corrected chi connectivity index (χ4v) is 1.67. The molecule has 6 heteroatoms. The zero-order valence-electron chi connectivity index (χ0n) is 9.95. The summed E-state index contributed by atoms with van der Waals surface area (Å²) in [5, 5.41) is 16.5. The maximum Gasteiger partial charge on any atom is 0.303 e. The van der Waals surface area contributed by atoms with Crippen LogP contribution in [0.5, 0.6) is 0 Å². The molecule has 0 unspecified atom stereocenters. The van der Waals surface area contributed by atoms with Crippen molar-refractivity contribution in [2.45, 2.75) is 32.2 Å². The number of hydrogen-bond donors (Lipinski definition) is 1. The third-order valence-corrected chi connectivity index (χ3v) is 2.56. The molecule has 0 aromatic carbocycles. The summed E-state index contributed by atoms with van der Waals surface area (Å²) in [6.07, 6.45) is 5.93. The first-order valence-corrected chi connectivity index (χ1v) is 5.87. The topological polar surface area (TPSA) is 81.1 Å². The molecule has 0 spiro atoms. The molecule has 0 amide bonds. The van der Waals surface area contributed by atoms with E-state index in [1.807, 2.05) is 18.3 Å². The highest BCUT2D eigenvalue weighted by atomic mass is 16.4. The normalized spacial score (nSPS) is 10.7.